The third-order valence-corrected chi connectivity index (χ3v) is 5.62. The van der Waals surface area contributed by atoms with Crippen molar-refractivity contribution in [3.05, 3.63) is 64.7 Å². The van der Waals surface area contributed by atoms with Crippen LogP contribution in [0.25, 0.3) is 11.6 Å². The van der Waals surface area contributed by atoms with Crippen LogP contribution in [-0.2, 0) is 10.8 Å². The molecule has 2 aromatic carbocycles. The molecular weight excluding hydrogens is 292 g/mol. The molecule has 0 unspecified atom stereocenters. The molecule has 0 saturated carbocycles. The number of phenolic OH excluding ortho intramolecular Hbond substituents is 1. The molecule has 1 heteroatoms. The zero-order chi connectivity index (χ0) is 17.5. The number of hydrogen-bond donors (Lipinski definition) is 1. The summed E-state index contributed by atoms with van der Waals surface area (Å²) in [6.07, 6.45) is 4.52. The molecule has 0 radical (unpaired) electrons. The van der Waals surface area contributed by atoms with Crippen LogP contribution in [0.15, 0.2) is 42.5 Å². The van der Waals surface area contributed by atoms with Gasteiger partial charge in [-0.15, -0.1) is 0 Å². The first-order valence-electron chi connectivity index (χ1n) is 8.82. The van der Waals surface area contributed by atoms with E-state index in [9.17, 15) is 5.11 Å². The molecule has 0 amide bonds. The van der Waals surface area contributed by atoms with Gasteiger partial charge in [0.25, 0.3) is 0 Å². The topological polar surface area (TPSA) is 20.2 Å². The second-order valence-electron chi connectivity index (χ2n) is 8.41. The Morgan fingerprint density at radius 3 is 2.21 bits per heavy atom. The van der Waals surface area contributed by atoms with E-state index in [0.717, 1.165) is 5.56 Å². The van der Waals surface area contributed by atoms with Crippen molar-refractivity contribution in [1.29, 1.82) is 0 Å². The highest BCUT2D eigenvalue weighted by atomic mass is 16.3. The molecule has 0 fully saturated rings. The Labute approximate surface area is 146 Å². The summed E-state index contributed by atoms with van der Waals surface area (Å²) in [5, 5.41) is 10.0. The minimum atomic E-state index is 0.218. The van der Waals surface area contributed by atoms with Crippen molar-refractivity contribution in [3.63, 3.8) is 0 Å². The van der Waals surface area contributed by atoms with Crippen molar-refractivity contribution >= 4 is 11.6 Å². The minimum absolute atomic E-state index is 0.218. The monoisotopic (exact) mass is 320 g/mol. The van der Waals surface area contributed by atoms with E-state index >= 15 is 0 Å². The van der Waals surface area contributed by atoms with Crippen molar-refractivity contribution < 1.29 is 5.11 Å². The van der Waals surface area contributed by atoms with E-state index in [1.54, 1.807) is 6.07 Å². The highest BCUT2D eigenvalue weighted by molar-refractivity contribution is 5.82. The Balaban J connectivity index is 2.07. The quantitative estimate of drug-likeness (QED) is 0.644. The number of benzene rings is 2. The molecule has 24 heavy (non-hydrogen) atoms. The van der Waals surface area contributed by atoms with Gasteiger partial charge >= 0.3 is 0 Å². The predicted molar refractivity (Wildman–Crippen MR) is 103 cm³/mol. The van der Waals surface area contributed by atoms with Crippen LogP contribution in [-0.4, -0.2) is 5.11 Å². The zero-order valence-corrected chi connectivity index (χ0v) is 15.5. The van der Waals surface area contributed by atoms with Crippen LogP contribution in [0.4, 0.5) is 0 Å². The standard InChI is InChI=1S/C23H28O/c1-16(14-18-8-6-7-9-21(18)24)17-10-11-19-20(15-17)23(4,5)13-12-22(19,2)3/h6-11,14-15,24H,12-13H2,1-5H3/b16-14+. The third kappa shape index (κ3) is 3.00. The maximum Gasteiger partial charge on any atom is 0.122 e. The van der Waals surface area contributed by atoms with Crippen LogP contribution in [0.2, 0.25) is 0 Å². The number of rotatable bonds is 2. The molecular formula is C23H28O. The van der Waals surface area contributed by atoms with Crippen LogP contribution in [0, 0.1) is 0 Å². The second-order valence-corrected chi connectivity index (χ2v) is 8.41. The van der Waals surface area contributed by atoms with Crippen LogP contribution in [0.3, 0.4) is 0 Å². The average molecular weight is 320 g/mol. The lowest BCUT2D eigenvalue weighted by Crippen LogP contribution is -2.33. The van der Waals surface area contributed by atoms with E-state index < -0.39 is 0 Å². The minimum Gasteiger partial charge on any atom is -0.507 e. The maximum absolute atomic E-state index is 10.0. The Morgan fingerprint density at radius 2 is 1.54 bits per heavy atom. The lowest BCUT2D eigenvalue weighted by Gasteiger charge is -2.42. The van der Waals surface area contributed by atoms with E-state index in [4.69, 9.17) is 0 Å². The van der Waals surface area contributed by atoms with Gasteiger partial charge in [0.1, 0.15) is 5.75 Å². The molecule has 0 saturated heterocycles. The van der Waals surface area contributed by atoms with Crippen LogP contribution in [0.1, 0.15) is 69.7 Å². The summed E-state index contributed by atoms with van der Waals surface area (Å²) < 4.78 is 0. The fourth-order valence-electron chi connectivity index (χ4n) is 3.76. The first-order chi connectivity index (χ1) is 11.2. The van der Waals surface area contributed by atoms with E-state index in [1.165, 1.54) is 35.1 Å². The highest BCUT2D eigenvalue weighted by Crippen LogP contribution is 2.46. The SMILES string of the molecule is C/C(=C\c1ccccc1O)c1ccc2c(c1)C(C)(C)CCC2(C)C. The molecule has 126 valence electrons. The van der Waals surface area contributed by atoms with Crippen LogP contribution >= 0.6 is 0 Å². The van der Waals surface area contributed by atoms with E-state index in [1.807, 2.05) is 18.2 Å². The molecule has 0 aromatic heterocycles. The molecule has 1 nitrogen and oxygen atoms in total. The number of aromatic hydroxyl groups is 1. The summed E-state index contributed by atoms with van der Waals surface area (Å²) in [5.41, 5.74) is 6.71. The summed E-state index contributed by atoms with van der Waals surface area (Å²) in [6.45, 7) is 11.5. The normalized spacial score (nSPS) is 19.0. The van der Waals surface area contributed by atoms with Crippen molar-refractivity contribution in [3.8, 4) is 5.75 Å². The fourth-order valence-corrected chi connectivity index (χ4v) is 3.76. The third-order valence-electron chi connectivity index (χ3n) is 5.62. The van der Waals surface area contributed by atoms with Gasteiger partial charge in [-0.05, 0) is 65.0 Å². The van der Waals surface area contributed by atoms with Gasteiger partial charge in [0, 0.05) is 5.56 Å². The molecule has 1 aliphatic carbocycles. The summed E-state index contributed by atoms with van der Waals surface area (Å²) in [7, 11) is 0. The van der Waals surface area contributed by atoms with Gasteiger partial charge in [0.2, 0.25) is 0 Å². The zero-order valence-electron chi connectivity index (χ0n) is 15.5. The second kappa shape index (κ2) is 5.81. The van der Waals surface area contributed by atoms with Crippen LogP contribution in [0.5, 0.6) is 5.75 Å². The number of hydrogen-bond acceptors (Lipinski definition) is 1. The van der Waals surface area contributed by atoms with Gasteiger partial charge in [0.05, 0.1) is 0 Å². The van der Waals surface area contributed by atoms with Crippen LogP contribution < -0.4 is 0 Å². The van der Waals surface area contributed by atoms with E-state index in [-0.39, 0.29) is 10.8 Å². The number of allylic oxidation sites excluding steroid dienone is 1. The van der Waals surface area contributed by atoms with Gasteiger partial charge in [-0.2, -0.15) is 0 Å². The molecule has 1 N–H and O–H groups in total. The van der Waals surface area contributed by atoms with Crippen molar-refractivity contribution in [2.75, 3.05) is 0 Å². The number of phenols is 1. The Morgan fingerprint density at radius 1 is 0.917 bits per heavy atom. The van der Waals surface area contributed by atoms with Gasteiger partial charge in [0.15, 0.2) is 0 Å². The molecule has 0 spiro atoms. The Kier molecular flexibility index (Phi) is 4.07. The highest BCUT2D eigenvalue weighted by Gasteiger charge is 2.36. The first-order valence-corrected chi connectivity index (χ1v) is 8.82. The summed E-state index contributed by atoms with van der Waals surface area (Å²) >= 11 is 0. The number of para-hydroxylation sites is 1. The maximum atomic E-state index is 10.0. The first kappa shape index (κ1) is 16.8. The van der Waals surface area contributed by atoms with Gasteiger partial charge < -0.3 is 5.11 Å². The molecule has 1 aliphatic rings. The fraction of sp³-hybridized carbons (Fsp3) is 0.391. The van der Waals surface area contributed by atoms with Crippen molar-refractivity contribution in [2.45, 2.75) is 58.3 Å². The molecule has 0 atom stereocenters. The van der Waals surface area contributed by atoms with E-state index in [0.29, 0.717) is 5.75 Å². The lowest BCUT2D eigenvalue weighted by atomic mass is 9.63. The largest absolute Gasteiger partial charge is 0.507 e. The Bertz CT molecular complexity index is 793. The molecule has 0 aliphatic heterocycles. The molecule has 3 rings (SSSR count). The van der Waals surface area contributed by atoms with Gasteiger partial charge in [-0.25, -0.2) is 0 Å². The molecule has 0 heterocycles. The summed E-state index contributed by atoms with van der Waals surface area (Å²) in [6, 6.07) is 14.4. The molecule has 0 bridgehead atoms. The molecule has 2 aromatic rings. The van der Waals surface area contributed by atoms with Crippen molar-refractivity contribution in [1.82, 2.24) is 0 Å². The smallest absolute Gasteiger partial charge is 0.122 e. The summed E-state index contributed by atoms with van der Waals surface area (Å²) in [5.74, 6) is 0.330. The summed E-state index contributed by atoms with van der Waals surface area (Å²) in [4.78, 5) is 0. The van der Waals surface area contributed by atoms with E-state index in [2.05, 4.69) is 58.9 Å². The number of fused-ring (bicyclic) bond motifs is 1. The van der Waals surface area contributed by atoms with Crippen molar-refractivity contribution in [2.24, 2.45) is 0 Å². The lowest BCUT2D eigenvalue weighted by molar-refractivity contribution is 0.332. The van der Waals surface area contributed by atoms with Gasteiger partial charge in [-0.1, -0.05) is 64.1 Å². The average Bonchev–Trinajstić information content (AvgIpc) is 2.54. The Hall–Kier alpha value is -2.02. The van der Waals surface area contributed by atoms with Gasteiger partial charge in [-0.3, -0.25) is 0 Å². The predicted octanol–water partition coefficient (Wildman–Crippen LogP) is 6.30.